The smallest absolute Gasteiger partial charge is 0.415 e. The van der Waals surface area contributed by atoms with Crippen molar-refractivity contribution in [2.24, 2.45) is 0 Å². The third-order valence-corrected chi connectivity index (χ3v) is 6.74. The largest absolute Gasteiger partial charge is 0.491 e. The van der Waals surface area contributed by atoms with Gasteiger partial charge in [-0.2, -0.15) is 13.2 Å². The summed E-state index contributed by atoms with van der Waals surface area (Å²) in [7, 11) is 0. The summed E-state index contributed by atoms with van der Waals surface area (Å²) in [5.41, 5.74) is 2.81. The fourth-order valence-electron chi connectivity index (χ4n) is 4.84. The van der Waals surface area contributed by atoms with Gasteiger partial charge in [0.05, 0.1) is 24.1 Å². The number of fused-ring (bicyclic) bond motifs is 2. The quantitative estimate of drug-likeness (QED) is 0.614. The van der Waals surface area contributed by atoms with Crippen LogP contribution < -0.4 is 10.1 Å². The molecule has 1 unspecified atom stereocenters. The van der Waals surface area contributed by atoms with Crippen LogP contribution in [-0.2, 0) is 4.74 Å². The van der Waals surface area contributed by atoms with Crippen molar-refractivity contribution in [1.29, 1.82) is 0 Å². The highest BCUT2D eigenvalue weighted by Gasteiger charge is 2.46. The molecule has 33 heavy (non-hydrogen) atoms. The highest BCUT2D eigenvalue weighted by molar-refractivity contribution is 5.88. The molecule has 1 saturated heterocycles. The van der Waals surface area contributed by atoms with Crippen LogP contribution in [-0.4, -0.2) is 64.5 Å². The Kier molecular flexibility index (Phi) is 4.95. The molecule has 2 fully saturated rings. The van der Waals surface area contributed by atoms with Crippen molar-refractivity contribution in [3.63, 3.8) is 0 Å². The summed E-state index contributed by atoms with van der Waals surface area (Å²) in [5.74, 6) is 1.93. The van der Waals surface area contributed by atoms with Crippen molar-refractivity contribution >= 4 is 16.9 Å². The molecule has 3 atom stereocenters. The Morgan fingerprint density at radius 3 is 2.82 bits per heavy atom. The molecule has 3 aliphatic rings. The van der Waals surface area contributed by atoms with Crippen LogP contribution in [0.15, 0.2) is 36.7 Å². The van der Waals surface area contributed by atoms with Gasteiger partial charge < -0.3 is 19.8 Å². The number of anilines is 1. The van der Waals surface area contributed by atoms with E-state index in [4.69, 9.17) is 9.47 Å². The molecule has 0 radical (unpaired) electrons. The van der Waals surface area contributed by atoms with Crippen LogP contribution >= 0.6 is 0 Å². The Morgan fingerprint density at radius 1 is 1.15 bits per heavy atom. The van der Waals surface area contributed by atoms with Crippen molar-refractivity contribution < 1.29 is 22.6 Å². The molecule has 2 N–H and O–H groups in total. The SMILES string of the molecule is FC(F)(F)C1CN([C@H]2COc3ccccc3[C@@H]2Nc2ncnc3[nH]c(C4CC4)cc23)CCO1. The number of hydrogen-bond acceptors (Lipinski definition) is 6. The molecule has 1 aliphatic carbocycles. The monoisotopic (exact) mass is 459 g/mol. The lowest BCUT2D eigenvalue weighted by Gasteiger charge is -2.44. The first-order valence-electron chi connectivity index (χ1n) is 11.2. The Balaban J connectivity index is 1.35. The number of benzene rings is 1. The Labute approximate surface area is 188 Å². The van der Waals surface area contributed by atoms with E-state index in [-0.39, 0.29) is 31.8 Å². The lowest BCUT2D eigenvalue weighted by Crippen LogP contribution is -2.57. The number of ether oxygens (including phenoxy) is 2. The average Bonchev–Trinajstić information content (AvgIpc) is 3.57. The number of nitrogens with one attached hydrogen (secondary N) is 2. The van der Waals surface area contributed by atoms with Gasteiger partial charge in [0.25, 0.3) is 0 Å². The minimum atomic E-state index is -4.40. The second-order valence-electron chi connectivity index (χ2n) is 8.92. The molecule has 6 rings (SSSR count). The maximum absolute atomic E-state index is 13.4. The van der Waals surface area contributed by atoms with E-state index in [1.807, 2.05) is 29.2 Å². The topological polar surface area (TPSA) is 75.3 Å². The van der Waals surface area contributed by atoms with Gasteiger partial charge in [0, 0.05) is 24.3 Å². The molecule has 2 aromatic heterocycles. The minimum Gasteiger partial charge on any atom is -0.491 e. The molecule has 1 saturated carbocycles. The number of hydrogen-bond donors (Lipinski definition) is 2. The minimum absolute atomic E-state index is 0.0232. The van der Waals surface area contributed by atoms with Crippen molar-refractivity contribution in [2.45, 2.75) is 43.1 Å². The Bertz CT molecular complexity index is 1160. The van der Waals surface area contributed by atoms with E-state index in [1.165, 1.54) is 6.33 Å². The Hall–Kier alpha value is -2.85. The summed E-state index contributed by atoms with van der Waals surface area (Å²) in [6.07, 6.45) is -2.38. The third kappa shape index (κ3) is 3.91. The number of nitrogens with zero attached hydrogens (tertiary/aromatic N) is 3. The lowest BCUT2D eigenvalue weighted by molar-refractivity contribution is -0.240. The zero-order chi connectivity index (χ0) is 22.6. The summed E-state index contributed by atoms with van der Waals surface area (Å²) in [4.78, 5) is 14.1. The second-order valence-corrected chi connectivity index (χ2v) is 8.92. The number of aromatic nitrogens is 3. The van der Waals surface area contributed by atoms with Gasteiger partial charge in [-0.25, -0.2) is 9.97 Å². The second kappa shape index (κ2) is 7.88. The van der Waals surface area contributed by atoms with Crippen molar-refractivity contribution in [2.75, 3.05) is 31.6 Å². The van der Waals surface area contributed by atoms with Gasteiger partial charge in [0.1, 0.15) is 30.1 Å². The van der Waals surface area contributed by atoms with Gasteiger partial charge in [-0.3, -0.25) is 4.90 Å². The number of H-pyrrole nitrogens is 1. The van der Waals surface area contributed by atoms with Crippen LogP contribution in [0.25, 0.3) is 11.0 Å². The number of halogens is 3. The summed E-state index contributed by atoms with van der Waals surface area (Å²) < 4.78 is 51.2. The van der Waals surface area contributed by atoms with E-state index in [9.17, 15) is 13.2 Å². The summed E-state index contributed by atoms with van der Waals surface area (Å²) >= 11 is 0. The van der Waals surface area contributed by atoms with Crippen LogP contribution in [0.5, 0.6) is 5.75 Å². The van der Waals surface area contributed by atoms with Crippen LogP contribution in [0.1, 0.15) is 36.1 Å². The zero-order valence-corrected chi connectivity index (χ0v) is 17.8. The van der Waals surface area contributed by atoms with E-state index in [2.05, 4.69) is 26.3 Å². The molecule has 2 aliphatic heterocycles. The molecule has 3 aromatic rings. The van der Waals surface area contributed by atoms with Crippen molar-refractivity contribution in [1.82, 2.24) is 19.9 Å². The molecule has 0 spiro atoms. The zero-order valence-electron chi connectivity index (χ0n) is 17.8. The van der Waals surface area contributed by atoms with E-state index < -0.39 is 12.3 Å². The molecule has 1 aromatic carbocycles. The van der Waals surface area contributed by atoms with Crippen LogP contribution in [0.4, 0.5) is 19.0 Å². The number of aromatic amines is 1. The first kappa shape index (κ1) is 20.7. The van der Waals surface area contributed by atoms with Crippen LogP contribution in [0.3, 0.4) is 0 Å². The summed E-state index contributed by atoms with van der Waals surface area (Å²) in [6, 6.07) is 9.10. The average molecular weight is 459 g/mol. The van der Waals surface area contributed by atoms with E-state index in [1.54, 1.807) is 0 Å². The predicted molar refractivity (Wildman–Crippen MR) is 115 cm³/mol. The fourth-order valence-corrected chi connectivity index (χ4v) is 4.84. The molecule has 4 heterocycles. The van der Waals surface area contributed by atoms with Gasteiger partial charge >= 0.3 is 6.18 Å². The maximum Gasteiger partial charge on any atom is 0.415 e. The Morgan fingerprint density at radius 2 is 2.00 bits per heavy atom. The number of morpholine rings is 1. The van der Waals surface area contributed by atoms with Gasteiger partial charge in [-0.1, -0.05) is 18.2 Å². The standard InChI is InChI=1S/C23H24F3N5O2/c24-23(25,26)19-10-31(7-8-32-19)17-11-33-18-4-2-1-3-14(18)20(17)30-22-15-9-16(13-5-6-13)29-21(15)27-12-28-22/h1-4,9,12-13,17,19-20H,5-8,10-11H2,(H2,27,28,29,30)/t17-,19?,20-/m0/s1. The fraction of sp³-hybridized carbons (Fsp3) is 0.478. The summed E-state index contributed by atoms with van der Waals surface area (Å²) in [6.45, 7) is 0.465. The molecular weight excluding hydrogens is 435 g/mol. The maximum atomic E-state index is 13.4. The normalized spacial score (nSPS) is 26.1. The third-order valence-electron chi connectivity index (χ3n) is 6.74. The molecular formula is C23H24F3N5O2. The van der Waals surface area contributed by atoms with Gasteiger partial charge in [0.2, 0.25) is 0 Å². The lowest BCUT2D eigenvalue weighted by atomic mass is 9.94. The van der Waals surface area contributed by atoms with Gasteiger partial charge in [-0.15, -0.1) is 0 Å². The highest BCUT2D eigenvalue weighted by Crippen LogP contribution is 2.42. The molecule has 7 nitrogen and oxygen atoms in total. The summed E-state index contributed by atoms with van der Waals surface area (Å²) in [5, 5.41) is 4.43. The van der Waals surface area contributed by atoms with E-state index in [0.717, 1.165) is 40.9 Å². The molecule has 0 bridgehead atoms. The van der Waals surface area contributed by atoms with Crippen LogP contribution in [0.2, 0.25) is 0 Å². The molecule has 174 valence electrons. The van der Waals surface area contributed by atoms with E-state index in [0.29, 0.717) is 18.3 Å². The van der Waals surface area contributed by atoms with Gasteiger partial charge in [0.15, 0.2) is 6.10 Å². The number of rotatable bonds is 4. The molecule has 10 heteroatoms. The van der Waals surface area contributed by atoms with Crippen LogP contribution in [0, 0.1) is 0 Å². The van der Waals surface area contributed by atoms with Crippen molar-refractivity contribution in [3.8, 4) is 5.75 Å². The first-order chi connectivity index (χ1) is 16.0. The molecule has 0 amide bonds. The number of alkyl halides is 3. The van der Waals surface area contributed by atoms with Crippen molar-refractivity contribution in [3.05, 3.63) is 47.9 Å². The van der Waals surface area contributed by atoms with Gasteiger partial charge in [-0.05, 0) is 30.9 Å². The van der Waals surface area contributed by atoms with E-state index >= 15 is 0 Å². The first-order valence-corrected chi connectivity index (χ1v) is 11.2. The predicted octanol–water partition coefficient (Wildman–Crippen LogP) is 4.01. The number of para-hydroxylation sites is 1. The highest BCUT2D eigenvalue weighted by atomic mass is 19.4.